The Morgan fingerprint density at radius 1 is 1.48 bits per heavy atom. The molecule has 0 aliphatic carbocycles. The van der Waals surface area contributed by atoms with E-state index in [9.17, 15) is 20.0 Å². The number of nitro groups is 1. The summed E-state index contributed by atoms with van der Waals surface area (Å²) >= 11 is 5.89. The molecule has 1 amide bonds. The minimum atomic E-state index is -1.21. The first-order valence-electron chi connectivity index (χ1n) is 6.75. The molecule has 1 heterocycles. The lowest BCUT2D eigenvalue weighted by Gasteiger charge is -2.22. The minimum Gasteiger partial charge on any atom is -0.469 e. The third kappa shape index (κ3) is 4.54. The summed E-state index contributed by atoms with van der Waals surface area (Å²) in [5.74, 6) is 0.0715. The van der Waals surface area contributed by atoms with E-state index in [-0.39, 0.29) is 29.2 Å². The van der Waals surface area contributed by atoms with E-state index in [0.29, 0.717) is 5.76 Å². The molecule has 1 aromatic carbocycles. The molecule has 0 fully saturated rings. The van der Waals surface area contributed by atoms with Crippen LogP contribution in [0.2, 0.25) is 5.02 Å². The molecule has 122 valence electrons. The fraction of sp³-hybridized carbons (Fsp3) is 0.267. The van der Waals surface area contributed by atoms with Gasteiger partial charge >= 0.3 is 0 Å². The lowest BCUT2D eigenvalue weighted by molar-refractivity contribution is -0.384. The number of hydrogen-bond acceptors (Lipinski definition) is 5. The van der Waals surface area contributed by atoms with Crippen molar-refractivity contribution in [2.75, 3.05) is 6.54 Å². The molecule has 0 radical (unpaired) electrons. The van der Waals surface area contributed by atoms with Crippen molar-refractivity contribution < 1.29 is 19.2 Å². The standard InChI is InChI=1S/C15H15ClN2O5/c1-15(20,8-11-3-2-6-23-11)9-17-14(19)12-5-4-10(18(21)22)7-13(12)16/h2-7,20H,8-9H2,1H3,(H,17,19). The Labute approximate surface area is 137 Å². The van der Waals surface area contributed by atoms with E-state index in [4.69, 9.17) is 16.0 Å². The summed E-state index contributed by atoms with van der Waals surface area (Å²) in [7, 11) is 0. The van der Waals surface area contributed by atoms with Crippen LogP contribution in [0.25, 0.3) is 0 Å². The molecule has 0 saturated heterocycles. The van der Waals surface area contributed by atoms with E-state index in [2.05, 4.69) is 5.32 Å². The Hall–Kier alpha value is -2.38. The van der Waals surface area contributed by atoms with Crippen molar-refractivity contribution in [3.8, 4) is 0 Å². The van der Waals surface area contributed by atoms with Gasteiger partial charge in [0.25, 0.3) is 11.6 Å². The van der Waals surface area contributed by atoms with Crippen molar-refractivity contribution >= 4 is 23.2 Å². The van der Waals surface area contributed by atoms with Gasteiger partial charge in [0.15, 0.2) is 0 Å². The molecular weight excluding hydrogens is 324 g/mol. The van der Waals surface area contributed by atoms with Gasteiger partial charge in [0, 0.05) is 25.1 Å². The molecule has 2 rings (SSSR count). The molecule has 23 heavy (non-hydrogen) atoms. The van der Waals surface area contributed by atoms with E-state index in [1.165, 1.54) is 18.4 Å². The predicted molar refractivity (Wildman–Crippen MR) is 83.5 cm³/mol. The highest BCUT2D eigenvalue weighted by molar-refractivity contribution is 6.34. The minimum absolute atomic E-state index is 0.0256. The van der Waals surface area contributed by atoms with Crippen molar-refractivity contribution in [1.82, 2.24) is 5.32 Å². The fourth-order valence-corrected chi connectivity index (χ4v) is 2.28. The predicted octanol–water partition coefficient (Wildman–Crippen LogP) is 2.56. The van der Waals surface area contributed by atoms with Gasteiger partial charge in [0.1, 0.15) is 5.76 Å². The number of carbonyl (C=O) groups excluding carboxylic acids is 1. The maximum absolute atomic E-state index is 12.1. The highest BCUT2D eigenvalue weighted by Gasteiger charge is 2.24. The third-order valence-corrected chi connectivity index (χ3v) is 3.49. The monoisotopic (exact) mass is 338 g/mol. The molecule has 1 aromatic heterocycles. The van der Waals surface area contributed by atoms with E-state index in [0.717, 1.165) is 6.07 Å². The van der Waals surface area contributed by atoms with Crippen molar-refractivity contribution in [2.24, 2.45) is 0 Å². The van der Waals surface area contributed by atoms with Crippen LogP contribution in [0.5, 0.6) is 0 Å². The Morgan fingerprint density at radius 2 is 2.22 bits per heavy atom. The summed E-state index contributed by atoms with van der Waals surface area (Å²) in [6.45, 7) is 1.53. The van der Waals surface area contributed by atoms with Crippen LogP contribution in [0.1, 0.15) is 23.0 Å². The first-order valence-corrected chi connectivity index (χ1v) is 7.13. The first-order chi connectivity index (χ1) is 10.8. The summed E-state index contributed by atoms with van der Waals surface area (Å²) in [4.78, 5) is 22.1. The third-order valence-electron chi connectivity index (χ3n) is 3.17. The second-order valence-corrected chi connectivity index (χ2v) is 5.76. The number of halogens is 1. The Balaban J connectivity index is 2.00. The van der Waals surface area contributed by atoms with Gasteiger partial charge in [-0.15, -0.1) is 0 Å². The van der Waals surface area contributed by atoms with Crippen molar-refractivity contribution in [2.45, 2.75) is 18.9 Å². The number of carbonyl (C=O) groups is 1. The van der Waals surface area contributed by atoms with Crippen LogP contribution in [-0.2, 0) is 6.42 Å². The van der Waals surface area contributed by atoms with Crippen LogP contribution in [0, 0.1) is 10.1 Å². The van der Waals surface area contributed by atoms with Gasteiger partial charge < -0.3 is 14.8 Å². The number of nitro benzene ring substituents is 1. The number of hydrogen-bond donors (Lipinski definition) is 2. The summed E-state index contributed by atoms with van der Waals surface area (Å²) in [6, 6.07) is 7.01. The average molecular weight is 339 g/mol. The summed E-state index contributed by atoms with van der Waals surface area (Å²) in [5.41, 5.74) is -1.30. The van der Waals surface area contributed by atoms with Gasteiger partial charge in [-0.1, -0.05) is 11.6 Å². The van der Waals surface area contributed by atoms with E-state index in [1.54, 1.807) is 19.1 Å². The van der Waals surface area contributed by atoms with Crippen molar-refractivity contribution in [1.29, 1.82) is 0 Å². The Morgan fingerprint density at radius 3 is 2.78 bits per heavy atom. The summed E-state index contributed by atoms with van der Waals surface area (Å²) in [5, 5.41) is 23.4. The quantitative estimate of drug-likeness (QED) is 0.622. The van der Waals surface area contributed by atoms with Gasteiger partial charge in [-0.25, -0.2) is 0 Å². The lowest BCUT2D eigenvalue weighted by atomic mass is 10.0. The molecule has 0 aliphatic heterocycles. The SMILES string of the molecule is CC(O)(CNC(=O)c1ccc([N+](=O)[O-])cc1Cl)Cc1ccco1. The number of nitrogens with zero attached hydrogens (tertiary/aromatic N) is 1. The number of aliphatic hydroxyl groups is 1. The number of rotatable bonds is 6. The zero-order chi connectivity index (χ0) is 17.0. The molecule has 1 atom stereocenters. The highest BCUT2D eigenvalue weighted by Crippen LogP contribution is 2.22. The second-order valence-electron chi connectivity index (χ2n) is 5.36. The topological polar surface area (TPSA) is 106 Å². The molecule has 1 unspecified atom stereocenters. The van der Waals surface area contributed by atoms with Gasteiger partial charge in [-0.2, -0.15) is 0 Å². The molecule has 0 saturated carbocycles. The normalized spacial score (nSPS) is 13.3. The van der Waals surface area contributed by atoms with E-state index < -0.39 is 16.4 Å². The van der Waals surface area contributed by atoms with Crippen LogP contribution in [0.15, 0.2) is 41.0 Å². The molecule has 7 nitrogen and oxygen atoms in total. The number of benzene rings is 1. The number of nitrogens with one attached hydrogen (secondary N) is 1. The largest absolute Gasteiger partial charge is 0.469 e. The zero-order valence-electron chi connectivity index (χ0n) is 12.3. The van der Waals surface area contributed by atoms with Crippen LogP contribution >= 0.6 is 11.6 Å². The number of non-ortho nitro benzene ring substituents is 1. The first kappa shape index (κ1) is 17.0. The molecule has 0 spiro atoms. The van der Waals surface area contributed by atoms with Gasteiger partial charge in [0.2, 0.25) is 0 Å². The summed E-state index contributed by atoms with van der Waals surface area (Å²) in [6.07, 6.45) is 1.73. The fourth-order valence-electron chi connectivity index (χ4n) is 2.02. The van der Waals surface area contributed by atoms with Crippen LogP contribution < -0.4 is 5.32 Å². The molecular formula is C15H15ClN2O5. The highest BCUT2D eigenvalue weighted by atomic mass is 35.5. The average Bonchev–Trinajstić information content (AvgIpc) is 2.96. The van der Waals surface area contributed by atoms with Crippen molar-refractivity contribution in [3.63, 3.8) is 0 Å². The van der Waals surface area contributed by atoms with E-state index >= 15 is 0 Å². The molecule has 0 bridgehead atoms. The van der Waals surface area contributed by atoms with Crippen LogP contribution in [0.3, 0.4) is 0 Å². The smallest absolute Gasteiger partial charge is 0.270 e. The van der Waals surface area contributed by atoms with Crippen LogP contribution in [0.4, 0.5) is 5.69 Å². The lowest BCUT2D eigenvalue weighted by Crippen LogP contribution is -2.42. The Bertz CT molecular complexity index is 713. The number of furan rings is 1. The zero-order valence-corrected chi connectivity index (χ0v) is 13.0. The van der Waals surface area contributed by atoms with Gasteiger partial charge in [-0.05, 0) is 25.1 Å². The molecule has 8 heteroatoms. The second kappa shape index (κ2) is 6.80. The van der Waals surface area contributed by atoms with Crippen molar-refractivity contribution in [3.05, 3.63) is 63.1 Å². The summed E-state index contributed by atoms with van der Waals surface area (Å²) < 4.78 is 5.16. The molecule has 2 N–H and O–H groups in total. The molecule has 2 aromatic rings. The molecule has 0 aliphatic rings. The maximum Gasteiger partial charge on any atom is 0.270 e. The Kier molecular flexibility index (Phi) is 5.02. The number of amides is 1. The maximum atomic E-state index is 12.1. The van der Waals surface area contributed by atoms with E-state index in [1.807, 2.05) is 0 Å². The van der Waals surface area contributed by atoms with Gasteiger partial charge in [-0.3, -0.25) is 14.9 Å². The van der Waals surface area contributed by atoms with Crippen LogP contribution in [-0.4, -0.2) is 28.1 Å². The van der Waals surface area contributed by atoms with Gasteiger partial charge in [0.05, 0.1) is 27.4 Å².